The minimum absolute atomic E-state index is 0.139. The van der Waals surface area contributed by atoms with Gasteiger partial charge >= 0.3 is 0 Å². The topological polar surface area (TPSA) is 72.7 Å². The average molecular weight is 392 g/mol. The maximum atomic E-state index is 13.1. The summed E-state index contributed by atoms with van der Waals surface area (Å²) in [6.45, 7) is 3.69. The normalized spacial score (nSPS) is 12.0. The van der Waals surface area contributed by atoms with Crippen LogP contribution in [0.5, 0.6) is 0 Å². The molecule has 0 saturated heterocycles. The summed E-state index contributed by atoms with van der Waals surface area (Å²) in [7, 11) is 0. The predicted octanol–water partition coefficient (Wildman–Crippen LogP) is 3.88. The predicted molar refractivity (Wildman–Crippen MR) is 99.2 cm³/mol. The van der Waals surface area contributed by atoms with Crippen molar-refractivity contribution in [3.63, 3.8) is 0 Å². The lowest BCUT2D eigenvalue weighted by Crippen LogP contribution is -2.23. The van der Waals surface area contributed by atoms with Crippen molar-refractivity contribution >= 4 is 35.0 Å². The number of hydrogen-bond donors (Lipinski definition) is 1. The van der Waals surface area contributed by atoms with Crippen molar-refractivity contribution < 1.29 is 9.18 Å². The molecule has 0 aliphatic carbocycles. The standard InChI is InChI=1S/C17H15ClFN5OS/c1-10-5-3-4-6-15(10)24-17(21-22-23-24)26-11(2)16(25)20-14-8-7-12(19)9-13(14)18/h3-9,11H,1-2H3,(H,20,25). The van der Waals surface area contributed by atoms with Gasteiger partial charge in [-0.15, -0.1) is 5.10 Å². The molecule has 0 bridgehead atoms. The molecule has 2 aromatic carbocycles. The monoisotopic (exact) mass is 391 g/mol. The number of aromatic nitrogens is 4. The van der Waals surface area contributed by atoms with Gasteiger partial charge in [0.2, 0.25) is 11.1 Å². The van der Waals surface area contributed by atoms with Gasteiger partial charge in [-0.05, 0) is 54.1 Å². The van der Waals surface area contributed by atoms with E-state index in [0.717, 1.165) is 17.3 Å². The number of nitrogens with zero attached hydrogens (tertiary/aromatic N) is 4. The number of halogens is 2. The van der Waals surface area contributed by atoms with Crippen LogP contribution in [0.3, 0.4) is 0 Å². The highest BCUT2D eigenvalue weighted by Gasteiger charge is 2.20. The molecule has 3 aromatic rings. The Bertz CT molecular complexity index is 948. The van der Waals surface area contributed by atoms with E-state index in [2.05, 4.69) is 20.8 Å². The first-order chi connectivity index (χ1) is 12.5. The van der Waals surface area contributed by atoms with E-state index in [4.69, 9.17) is 11.6 Å². The summed E-state index contributed by atoms with van der Waals surface area (Å²) < 4.78 is 14.7. The summed E-state index contributed by atoms with van der Waals surface area (Å²) in [5, 5.41) is 14.5. The quantitative estimate of drug-likeness (QED) is 0.668. The summed E-state index contributed by atoms with van der Waals surface area (Å²) in [6.07, 6.45) is 0. The van der Waals surface area contributed by atoms with E-state index >= 15 is 0 Å². The van der Waals surface area contributed by atoms with Gasteiger partial charge in [-0.3, -0.25) is 4.79 Å². The second kappa shape index (κ2) is 7.84. The molecule has 6 nitrogen and oxygen atoms in total. The molecule has 1 atom stereocenters. The molecule has 26 heavy (non-hydrogen) atoms. The molecule has 1 aromatic heterocycles. The number of carbonyl (C=O) groups excluding carboxylic acids is 1. The van der Waals surface area contributed by atoms with Crippen LogP contribution in [0.1, 0.15) is 12.5 Å². The third-order valence-corrected chi connectivity index (χ3v) is 4.97. The number of tetrazole rings is 1. The number of anilines is 1. The fourth-order valence-corrected chi connectivity index (χ4v) is 3.26. The molecule has 1 N–H and O–H groups in total. The van der Waals surface area contributed by atoms with Crippen LogP contribution in [0, 0.1) is 12.7 Å². The maximum absolute atomic E-state index is 13.1. The smallest absolute Gasteiger partial charge is 0.237 e. The van der Waals surface area contributed by atoms with Crippen LogP contribution >= 0.6 is 23.4 Å². The molecule has 0 fully saturated rings. The number of rotatable bonds is 5. The Morgan fingerprint density at radius 3 is 2.81 bits per heavy atom. The highest BCUT2D eigenvalue weighted by Crippen LogP contribution is 2.27. The molecule has 1 amide bonds. The van der Waals surface area contributed by atoms with Crippen molar-refractivity contribution in [3.8, 4) is 5.69 Å². The number of thioether (sulfide) groups is 1. The lowest BCUT2D eigenvalue weighted by molar-refractivity contribution is -0.115. The summed E-state index contributed by atoms with van der Waals surface area (Å²) in [5.74, 6) is -0.754. The van der Waals surface area contributed by atoms with E-state index in [0.29, 0.717) is 10.8 Å². The van der Waals surface area contributed by atoms with Gasteiger partial charge in [-0.2, -0.15) is 4.68 Å². The van der Waals surface area contributed by atoms with Gasteiger partial charge in [0.25, 0.3) is 0 Å². The minimum Gasteiger partial charge on any atom is -0.324 e. The zero-order chi connectivity index (χ0) is 18.7. The molecule has 134 valence electrons. The Morgan fingerprint density at radius 2 is 2.08 bits per heavy atom. The number of nitrogens with one attached hydrogen (secondary N) is 1. The van der Waals surface area contributed by atoms with Crippen LogP contribution in [0.15, 0.2) is 47.6 Å². The molecule has 3 rings (SSSR count). The first-order valence-electron chi connectivity index (χ1n) is 7.72. The second-order valence-corrected chi connectivity index (χ2v) is 7.25. The third-order valence-electron chi connectivity index (χ3n) is 3.62. The van der Waals surface area contributed by atoms with Crippen molar-refractivity contribution in [2.24, 2.45) is 0 Å². The zero-order valence-electron chi connectivity index (χ0n) is 14.0. The molecule has 0 aliphatic rings. The molecule has 0 aliphatic heterocycles. The largest absolute Gasteiger partial charge is 0.324 e. The lowest BCUT2D eigenvalue weighted by atomic mass is 10.2. The van der Waals surface area contributed by atoms with Crippen LogP contribution in [0.2, 0.25) is 5.02 Å². The number of aryl methyl sites for hydroxylation is 1. The summed E-state index contributed by atoms with van der Waals surface area (Å²) >= 11 is 7.16. The van der Waals surface area contributed by atoms with Gasteiger partial charge in [0.1, 0.15) is 5.82 Å². The number of amides is 1. The van der Waals surface area contributed by atoms with E-state index in [1.165, 1.54) is 23.9 Å². The van der Waals surface area contributed by atoms with Crippen LogP contribution < -0.4 is 5.32 Å². The van der Waals surface area contributed by atoms with Gasteiger partial charge in [0.05, 0.1) is 21.6 Å². The van der Waals surface area contributed by atoms with Crippen molar-refractivity contribution in [1.29, 1.82) is 0 Å². The molecule has 0 saturated carbocycles. The Labute approximate surface area is 158 Å². The highest BCUT2D eigenvalue weighted by atomic mass is 35.5. The van der Waals surface area contributed by atoms with Gasteiger partial charge in [0.15, 0.2) is 0 Å². The number of para-hydroxylation sites is 1. The first kappa shape index (κ1) is 18.3. The van der Waals surface area contributed by atoms with Crippen molar-refractivity contribution in [2.75, 3.05) is 5.32 Å². The molecular formula is C17H15ClFN5OS. The van der Waals surface area contributed by atoms with Crippen LogP contribution in [0.4, 0.5) is 10.1 Å². The Hall–Kier alpha value is -2.45. The van der Waals surface area contributed by atoms with Crippen LogP contribution in [-0.4, -0.2) is 31.4 Å². The molecule has 0 radical (unpaired) electrons. The fourth-order valence-electron chi connectivity index (χ4n) is 2.24. The zero-order valence-corrected chi connectivity index (χ0v) is 15.6. The van der Waals surface area contributed by atoms with E-state index in [9.17, 15) is 9.18 Å². The Kier molecular flexibility index (Phi) is 5.53. The minimum atomic E-state index is -0.495. The van der Waals surface area contributed by atoms with E-state index in [1.807, 2.05) is 31.2 Å². The van der Waals surface area contributed by atoms with Gasteiger partial charge < -0.3 is 5.32 Å². The Balaban J connectivity index is 1.74. The third kappa shape index (κ3) is 4.03. The van der Waals surface area contributed by atoms with Crippen LogP contribution in [0.25, 0.3) is 5.69 Å². The molecule has 1 heterocycles. The first-order valence-corrected chi connectivity index (χ1v) is 8.98. The van der Waals surface area contributed by atoms with Gasteiger partial charge in [-0.1, -0.05) is 41.6 Å². The van der Waals surface area contributed by atoms with Crippen LogP contribution in [-0.2, 0) is 4.79 Å². The van der Waals surface area contributed by atoms with Crippen molar-refractivity contribution in [1.82, 2.24) is 20.2 Å². The van der Waals surface area contributed by atoms with Gasteiger partial charge in [-0.25, -0.2) is 4.39 Å². The SMILES string of the molecule is Cc1ccccc1-n1nnnc1SC(C)C(=O)Nc1ccc(F)cc1Cl. The number of benzene rings is 2. The van der Waals surface area contributed by atoms with E-state index < -0.39 is 11.1 Å². The molecular weight excluding hydrogens is 377 g/mol. The fraction of sp³-hybridized carbons (Fsp3) is 0.176. The Morgan fingerprint density at radius 1 is 1.31 bits per heavy atom. The van der Waals surface area contributed by atoms with Gasteiger partial charge in [0, 0.05) is 0 Å². The summed E-state index contributed by atoms with van der Waals surface area (Å²) in [4.78, 5) is 12.4. The van der Waals surface area contributed by atoms with E-state index in [1.54, 1.807) is 11.6 Å². The molecule has 0 spiro atoms. The number of hydrogen-bond acceptors (Lipinski definition) is 5. The average Bonchev–Trinajstić information content (AvgIpc) is 3.05. The summed E-state index contributed by atoms with van der Waals surface area (Å²) in [5.41, 5.74) is 2.20. The van der Waals surface area contributed by atoms with Crippen molar-refractivity contribution in [2.45, 2.75) is 24.3 Å². The highest BCUT2D eigenvalue weighted by molar-refractivity contribution is 8.00. The number of carbonyl (C=O) groups is 1. The maximum Gasteiger partial charge on any atom is 0.237 e. The molecule has 1 unspecified atom stereocenters. The summed E-state index contributed by atoms with van der Waals surface area (Å²) in [6, 6.07) is 11.5. The van der Waals surface area contributed by atoms with E-state index in [-0.39, 0.29) is 10.9 Å². The van der Waals surface area contributed by atoms with Crippen molar-refractivity contribution in [3.05, 3.63) is 58.9 Å². The second-order valence-electron chi connectivity index (χ2n) is 5.53. The lowest BCUT2D eigenvalue weighted by Gasteiger charge is -2.13. The molecule has 9 heteroatoms.